The maximum atomic E-state index is 12.0. The number of H-pyrrole nitrogens is 1. The highest BCUT2D eigenvalue weighted by atomic mass is 16.5. The second-order valence-corrected chi connectivity index (χ2v) is 5.85. The van der Waals surface area contributed by atoms with E-state index in [1.165, 1.54) is 7.11 Å². The molecule has 2 N–H and O–H groups in total. The van der Waals surface area contributed by atoms with Gasteiger partial charge in [-0.05, 0) is 23.3 Å². The number of aromatic amines is 1. The van der Waals surface area contributed by atoms with Crippen molar-refractivity contribution in [3.63, 3.8) is 0 Å². The zero-order valence-electron chi connectivity index (χ0n) is 13.5. The highest BCUT2D eigenvalue weighted by Gasteiger charge is 2.34. The minimum Gasteiger partial charge on any atom is -0.504 e. The Bertz CT molecular complexity index is 934. The van der Waals surface area contributed by atoms with Crippen molar-refractivity contribution in [2.24, 2.45) is 0 Å². The van der Waals surface area contributed by atoms with Crippen LogP contribution in [-0.2, 0) is 4.79 Å². The largest absolute Gasteiger partial charge is 0.504 e. The Labute approximate surface area is 144 Å². The van der Waals surface area contributed by atoms with Gasteiger partial charge >= 0.3 is 5.97 Å². The first-order valence-corrected chi connectivity index (χ1v) is 7.88. The summed E-state index contributed by atoms with van der Waals surface area (Å²) >= 11 is 0. The van der Waals surface area contributed by atoms with Crippen LogP contribution in [-0.4, -0.2) is 28.4 Å². The molecule has 0 aliphatic carbocycles. The van der Waals surface area contributed by atoms with Crippen LogP contribution in [0.2, 0.25) is 0 Å². The number of carbonyl (C=O) groups excluding carboxylic acids is 1. The van der Waals surface area contributed by atoms with E-state index in [0.717, 1.165) is 22.4 Å². The summed E-state index contributed by atoms with van der Waals surface area (Å²) in [7, 11) is 1.49. The van der Waals surface area contributed by atoms with Crippen molar-refractivity contribution in [3.05, 3.63) is 59.7 Å². The molecule has 1 aliphatic rings. The number of aromatic hydroxyl groups is 1. The van der Waals surface area contributed by atoms with E-state index in [0.29, 0.717) is 11.6 Å². The lowest BCUT2D eigenvalue weighted by atomic mass is 9.85. The highest BCUT2D eigenvalue weighted by molar-refractivity contribution is 5.80. The van der Waals surface area contributed by atoms with Gasteiger partial charge in [0.2, 0.25) is 5.88 Å². The summed E-state index contributed by atoms with van der Waals surface area (Å²) in [5.74, 6) is 0.144. The summed E-state index contributed by atoms with van der Waals surface area (Å²) in [4.78, 5) is 12.0. The first kappa shape index (κ1) is 15.3. The number of aromatic nitrogens is 2. The number of phenolic OH excluding ortho intramolecular Hbond substituents is 1. The molecule has 1 aromatic heterocycles. The SMILES string of the molecule is COc1cc([C@@H]2CC(=O)Oc3n[nH]c(-c4ccccc4)c32)ccc1O. The Kier molecular flexibility index (Phi) is 3.65. The number of nitrogens with one attached hydrogen (secondary N) is 1. The van der Waals surface area contributed by atoms with E-state index in [1.807, 2.05) is 30.3 Å². The molecular formula is C19H16N2O4. The van der Waals surface area contributed by atoms with Gasteiger partial charge in [0, 0.05) is 5.92 Å². The highest BCUT2D eigenvalue weighted by Crippen LogP contribution is 2.44. The molecule has 0 fully saturated rings. The molecule has 0 saturated heterocycles. The molecule has 4 rings (SSSR count). The van der Waals surface area contributed by atoms with Gasteiger partial charge < -0.3 is 14.6 Å². The van der Waals surface area contributed by atoms with Crippen LogP contribution in [0.1, 0.15) is 23.5 Å². The van der Waals surface area contributed by atoms with Crippen LogP contribution in [0.3, 0.4) is 0 Å². The molecule has 0 radical (unpaired) electrons. The number of phenols is 1. The van der Waals surface area contributed by atoms with Crippen molar-refractivity contribution >= 4 is 5.97 Å². The second kappa shape index (κ2) is 5.98. The first-order chi connectivity index (χ1) is 12.2. The van der Waals surface area contributed by atoms with E-state index in [-0.39, 0.29) is 24.1 Å². The summed E-state index contributed by atoms with van der Waals surface area (Å²) in [5, 5.41) is 17.0. The van der Waals surface area contributed by atoms with Crippen molar-refractivity contribution in [1.82, 2.24) is 10.2 Å². The first-order valence-electron chi connectivity index (χ1n) is 7.88. The molecule has 0 spiro atoms. The molecule has 1 aliphatic heterocycles. The number of fused-ring (bicyclic) bond motifs is 1. The van der Waals surface area contributed by atoms with Crippen LogP contribution >= 0.6 is 0 Å². The van der Waals surface area contributed by atoms with Gasteiger partial charge in [-0.1, -0.05) is 36.4 Å². The number of rotatable bonds is 3. The number of hydrogen-bond donors (Lipinski definition) is 2. The molecule has 2 heterocycles. The minimum absolute atomic E-state index is 0.0559. The fourth-order valence-electron chi connectivity index (χ4n) is 3.17. The van der Waals surface area contributed by atoms with Crippen molar-refractivity contribution in [1.29, 1.82) is 0 Å². The molecule has 0 unspecified atom stereocenters. The fourth-order valence-corrected chi connectivity index (χ4v) is 3.17. The third-order valence-corrected chi connectivity index (χ3v) is 4.37. The van der Waals surface area contributed by atoms with Gasteiger partial charge in [-0.25, -0.2) is 0 Å². The average molecular weight is 336 g/mol. The molecule has 2 aromatic carbocycles. The lowest BCUT2D eigenvalue weighted by Gasteiger charge is -2.23. The molecular weight excluding hydrogens is 320 g/mol. The number of benzene rings is 2. The third-order valence-electron chi connectivity index (χ3n) is 4.37. The van der Waals surface area contributed by atoms with Crippen LogP contribution in [0.4, 0.5) is 0 Å². The van der Waals surface area contributed by atoms with Crippen molar-refractivity contribution in [3.8, 4) is 28.6 Å². The Hall–Kier alpha value is -3.28. The normalized spacial score (nSPS) is 16.2. The van der Waals surface area contributed by atoms with Crippen LogP contribution in [0.5, 0.6) is 17.4 Å². The van der Waals surface area contributed by atoms with Gasteiger partial charge in [-0.3, -0.25) is 9.89 Å². The van der Waals surface area contributed by atoms with E-state index in [2.05, 4.69) is 10.2 Å². The van der Waals surface area contributed by atoms with Gasteiger partial charge in [-0.2, -0.15) is 0 Å². The monoisotopic (exact) mass is 336 g/mol. The smallest absolute Gasteiger partial charge is 0.313 e. The van der Waals surface area contributed by atoms with Crippen LogP contribution in [0.25, 0.3) is 11.3 Å². The van der Waals surface area contributed by atoms with Gasteiger partial charge in [0.15, 0.2) is 11.5 Å². The number of ether oxygens (including phenoxy) is 2. The zero-order chi connectivity index (χ0) is 17.4. The van der Waals surface area contributed by atoms with E-state index >= 15 is 0 Å². The lowest BCUT2D eigenvalue weighted by Crippen LogP contribution is -2.20. The van der Waals surface area contributed by atoms with Gasteiger partial charge in [0.25, 0.3) is 0 Å². The van der Waals surface area contributed by atoms with E-state index < -0.39 is 0 Å². The molecule has 0 amide bonds. The maximum Gasteiger partial charge on any atom is 0.313 e. The Balaban J connectivity index is 1.86. The Morgan fingerprint density at radius 1 is 1.24 bits per heavy atom. The third kappa shape index (κ3) is 2.61. The summed E-state index contributed by atoms with van der Waals surface area (Å²) in [5.41, 5.74) is 3.47. The van der Waals surface area contributed by atoms with E-state index in [1.54, 1.807) is 18.2 Å². The Morgan fingerprint density at radius 2 is 2.04 bits per heavy atom. The molecule has 6 nitrogen and oxygen atoms in total. The molecule has 25 heavy (non-hydrogen) atoms. The van der Waals surface area contributed by atoms with Crippen LogP contribution in [0, 0.1) is 0 Å². The summed E-state index contributed by atoms with van der Waals surface area (Å²) < 4.78 is 10.5. The standard InChI is InChI=1S/C19H16N2O4/c1-24-15-9-12(7-8-14(15)22)13-10-16(23)25-19-17(13)18(20-21-19)11-5-3-2-4-6-11/h2-9,13,22H,10H2,1H3,(H,20,21)/t13-/m0/s1. The average Bonchev–Trinajstić information content (AvgIpc) is 3.06. The predicted octanol–water partition coefficient (Wildman–Crippen LogP) is 3.23. The summed E-state index contributed by atoms with van der Waals surface area (Å²) in [6, 6.07) is 14.9. The maximum absolute atomic E-state index is 12.0. The van der Waals surface area contributed by atoms with Gasteiger partial charge in [0.1, 0.15) is 0 Å². The van der Waals surface area contributed by atoms with Crippen molar-refractivity contribution in [2.45, 2.75) is 12.3 Å². The van der Waals surface area contributed by atoms with E-state index in [4.69, 9.17) is 9.47 Å². The van der Waals surface area contributed by atoms with Gasteiger partial charge in [-0.15, -0.1) is 5.10 Å². The quantitative estimate of drug-likeness (QED) is 0.717. The predicted molar refractivity (Wildman–Crippen MR) is 90.8 cm³/mol. The number of esters is 1. The molecule has 0 saturated carbocycles. The van der Waals surface area contributed by atoms with E-state index in [9.17, 15) is 9.90 Å². The topological polar surface area (TPSA) is 84.4 Å². The van der Waals surface area contributed by atoms with Crippen molar-refractivity contribution in [2.75, 3.05) is 7.11 Å². The lowest BCUT2D eigenvalue weighted by molar-refractivity contribution is -0.135. The molecule has 6 heteroatoms. The zero-order valence-corrected chi connectivity index (χ0v) is 13.5. The Morgan fingerprint density at radius 3 is 2.80 bits per heavy atom. The molecule has 126 valence electrons. The summed E-state index contributed by atoms with van der Waals surface area (Å²) in [6.07, 6.45) is 0.195. The number of hydrogen-bond acceptors (Lipinski definition) is 5. The number of nitrogens with zero attached hydrogens (tertiary/aromatic N) is 1. The van der Waals surface area contributed by atoms with Crippen molar-refractivity contribution < 1.29 is 19.4 Å². The van der Waals surface area contributed by atoms with Crippen LogP contribution in [0.15, 0.2) is 48.5 Å². The minimum atomic E-state index is -0.337. The van der Waals surface area contributed by atoms with Gasteiger partial charge in [0.05, 0.1) is 24.8 Å². The molecule has 1 atom stereocenters. The molecule has 0 bridgehead atoms. The number of carbonyl (C=O) groups is 1. The second-order valence-electron chi connectivity index (χ2n) is 5.85. The molecule has 3 aromatic rings. The van der Waals surface area contributed by atoms with Crippen LogP contribution < -0.4 is 9.47 Å². The number of methoxy groups -OCH3 is 1. The summed E-state index contributed by atoms with van der Waals surface area (Å²) in [6.45, 7) is 0. The fraction of sp³-hybridized carbons (Fsp3) is 0.158.